The molecule has 2 N–H and O–H groups in total. The van der Waals surface area contributed by atoms with Gasteiger partial charge in [-0.05, 0) is 23.8 Å². The first-order valence-corrected chi connectivity index (χ1v) is 5.18. The molecule has 0 aliphatic rings. The van der Waals surface area contributed by atoms with E-state index in [1.54, 1.807) is 12.3 Å². The lowest BCUT2D eigenvalue weighted by atomic mass is 10.1. The number of rotatable bonds is 2. The summed E-state index contributed by atoms with van der Waals surface area (Å²) in [4.78, 5) is 12.0. The summed E-state index contributed by atoms with van der Waals surface area (Å²) in [7, 11) is 0. The number of nitrogens with zero attached hydrogens (tertiary/aromatic N) is 2. The minimum Gasteiger partial charge on any atom is -0.326 e. The van der Waals surface area contributed by atoms with Gasteiger partial charge in [0.15, 0.2) is 0 Å². The first kappa shape index (κ1) is 11.1. The van der Waals surface area contributed by atoms with Gasteiger partial charge < -0.3 is 5.73 Å². The van der Waals surface area contributed by atoms with E-state index < -0.39 is 0 Å². The summed E-state index contributed by atoms with van der Waals surface area (Å²) in [6, 6.07) is 12.4. The fourth-order valence-corrected chi connectivity index (χ4v) is 1.69. The second-order valence-electron chi connectivity index (χ2n) is 3.54. The number of pyridine rings is 1. The van der Waals surface area contributed by atoms with Gasteiger partial charge in [-0.15, -0.1) is 0 Å². The van der Waals surface area contributed by atoms with Gasteiger partial charge in [0.2, 0.25) is 0 Å². The van der Waals surface area contributed by atoms with Crippen LogP contribution in [0.5, 0.6) is 0 Å². The summed E-state index contributed by atoms with van der Waals surface area (Å²) in [5.74, 6) is 0. The zero-order valence-electron chi connectivity index (χ0n) is 9.13. The maximum absolute atomic E-state index is 12.0. The first-order valence-electron chi connectivity index (χ1n) is 5.18. The van der Waals surface area contributed by atoms with E-state index >= 15 is 0 Å². The predicted molar refractivity (Wildman–Crippen MR) is 64.6 cm³/mol. The number of hydrogen-bond acceptors (Lipinski definition) is 3. The van der Waals surface area contributed by atoms with Crippen LogP contribution >= 0.6 is 0 Å². The summed E-state index contributed by atoms with van der Waals surface area (Å²) < 4.78 is 1.45. The van der Waals surface area contributed by atoms with Crippen LogP contribution in [0.3, 0.4) is 0 Å². The average Bonchev–Trinajstić information content (AvgIpc) is 2.39. The van der Waals surface area contributed by atoms with Gasteiger partial charge in [0.1, 0.15) is 11.6 Å². The van der Waals surface area contributed by atoms with Gasteiger partial charge in [-0.3, -0.25) is 9.36 Å². The Morgan fingerprint density at radius 1 is 1.24 bits per heavy atom. The zero-order valence-corrected chi connectivity index (χ0v) is 9.13. The summed E-state index contributed by atoms with van der Waals surface area (Å²) in [6.45, 7) is 0.347. The topological polar surface area (TPSA) is 71.8 Å². The second-order valence-corrected chi connectivity index (χ2v) is 3.54. The van der Waals surface area contributed by atoms with E-state index in [2.05, 4.69) is 0 Å². The van der Waals surface area contributed by atoms with Crippen LogP contribution in [0.25, 0.3) is 5.69 Å². The highest BCUT2D eigenvalue weighted by atomic mass is 16.1. The molecule has 4 heteroatoms. The number of hydrogen-bond donors (Lipinski definition) is 1. The van der Waals surface area contributed by atoms with Gasteiger partial charge in [-0.2, -0.15) is 5.26 Å². The van der Waals surface area contributed by atoms with E-state index in [4.69, 9.17) is 11.0 Å². The Kier molecular flexibility index (Phi) is 3.03. The molecule has 84 valence electrons. The number of aromatic nitrogens is 1. The highest BCUT2D eigenvalue weighted by Gasteiger charge is 2.06. The van der Waals surface area contributed by atoms with Crippen LogP contribution in [0.2, 0.25) is 0 Å². The van der Waals surface area contributed by atoms with Crippen molar-refractivity contribution in [1.29, 1.82) is 5.26 Å². The van der Waals surface area contributed by atoms with Gasteiger partial charge in [-0.1, -0.05) is 18.2 Å². The fraction of sp³-hybridized carbons (Fsp3) is 0.0769. The van der Waals surface area contributed by atoms with Crippen LogP contribution in [0, 0.1) is 11.3 Å². The maximum atomic E-state index is 12.0. The van der Waals surface area contributed by atoms with Crippen LogP contribution in [0.4, 0.5) is 0 Å². The monoisotopic (exact) mass is 225 g/mol. The quantitative estimate of drug-likeness (QED) is 0.833. The molecule has 0 spiro atoms. The van der Waals surface area contributed by atoms with E-state index in [0.717, 1.165) is 11.3 Å². The van der Waals surface area contributed by atoms with Crippen LogP contribution in [0.15, 0.2) is 47.4 Å². The summed E-state index contributed by atoms with van der Waals surface area (Å²) in [6.07, 6.45) is 1.64. The van der Waals surface area contributed by atoms with Gasteiger partial charge in [0.05, 0.1) is 5.69 Å². The molecule has 0 aliphatic heterocycles. The number of nitrogens with two attached hydrogens (primary N) is 1. The van der Waals surface area contributed by atoms with Crippen molar-refractivity contribution < 1.29 is 0 Å². The van der Waals surface area contributed by atoms with E-state index in [-0.39, 0.29) is 11.1 Å². The smallest absolute Gasteiger partial charge is 0.272 e. The van der Waals surface area contributed by atoms with E-state index in [1.807, 2.05) is 30.3 Å². The van der Waals surface area contributed by atoms with Crippen LogP contribution < -0.4 is 11.3 Å². The van der Waals surface area contributed by atoms with Gasteiger partial charge in [0.25, 0.3) is 5.56 Å². The highest BCUT2D eigenvalue weighted by Crippen LogP contribution is 2.11. The molecule has 1 aromatic carbocycles. The molecule has 0 aliphatic carbocycles. The van der Waals surface area contributed by atoms with E-state index in [0.29, 0.717) is 6.54 Å². The Bertz CT molecular complexity index is 638. The van der Waals surface area contributed by atoms with Crippen molar-refractivity contribution >= 4 is 0 Å². The standard InChI is InChI=1S/C13H11N3O/c14-8-10-4-1-2-6-12(10)16-7-3-5-11(9-15)13(16)17/h1-7H,8,14H2. The second kappa shape index (κ2) is 4.64. The first-order chi connectivity index (χ1) is 8.27. The van der Waals surface area contributed by atoms with Crippen molar-refractivity contribution in [2.45, 2.75) is 6.54 Å². The molecule has 1 heterocycles. The van der Waals surface area contributed by atoms with Gasteiger partial charge in [0, 0.05) is 12.7 Å². The Labute approximate surface area is 98.5 Å². The van der Waals surface area contributed by atoms with Crippen molar-refractivity contribution in [3.63, 3.8) is 0 Å². The molecule has 2 rings (SSSR count). The maximum Gasteiger partial charge on any atom is 0.272 e. The van der Waals surface area contributed by atoms with Gasteiger partial charge in [-0.25, -0.2) is 0 Å². The van der Waals surface area contributed by atoms with Crippen molar-refractivity contribution in [3.05, 3.63) is 64.1 Å². The lowest BCUT2D eigenvalue weighted by molar-refractivity contribution is 0.939. The summed E-state index contributed by atoms with van der Waals surface area (Å²) >= 11 is 0. The SMILES string of the molecule is N#Cc1cccn(-c2ccccc2CN)c1=O. The van der Waals surface area contributed by atoms with Crippen molar-refractivity contribution in [3.8, 4) is 11.8 Å². The van der Waals surface area contributed by atoms with Crippen LogP contribution in [-0.4, -0.2) is 4.57 Å². The largest absolute Gasteiger partial charge is 0.326 e. The number of nitriles is 1. The van der Waals surface area contributed by atoms with Crippen LogP contribution in [-0.2, 0) is 6.54 Å². The Morgan fingerprint density at radius 2 is 2.00 bits per heavy atom. The predicted octanol–water partition coefficient (Wildman–Crippen LogP) is 1.17. The summed E-state index contributed by atoms with van der Waals surface area (Å²) in [5.41, 5.74) is 7.01. The van der Waals surface area contributed by atoms with E-state index in [1.165, 1.54) is 10.6 Å². The Hall–Kier alpha value is -2.38. The highest BCUT2D eigenvalue weighted by molar-refractivity contribution is 5.42. The molecule has 0 radical (unpaired) electrons. The molecule has 0 fully saturated rings. The molecule has 0 saturated heterocycles. The molecule has 17 heavy (non-hydrogen) atoms. The molecule has 4 nitrogen and oxygen atoms in total. The molecule has 0 atom stereocenters. The van der Waals surface area contributed by atoms with Crippen molar-refractivity contribution in [2.24, 2.45) is 5.73 Å². The van der Waals surface area contributed by atoms with Crippen LogP contribution in [0.1, 0.15) is 11.1 Å². The third-order valence-electron chi connectivity index (χ3n) is 2.54. The molecule has 1 aromatic heterocycles. The van der Waals surface area contributed by atoms with Crippen molar-refractivity contribution in [2.75, 3.05) is 0 Å². The fourth-order valence-electron chi connectivity index (χ4n) is 1.69. The zero-order chi connectivity index (χ0) is 12.3. The average molecular weight is 225 g/mol. The molecule has 0 bridgehead atoms. The normalized spacial score (nSPS) is 9.88. The van der Waals surface area contributed by atoms with Gasteiger partial charge >= 0.3 is 0 Å². The molecule has 2 aromatic rings. The number of para-hydroxylation sites is 1. The Morgan fingerprint density at radius 3 is 2.71 bits per heavy atom. The van der Waals surface area contributed by atoms with Crippen molar-refractivity contribution in [1.82, 2.24) is 4.57 Å². The molecule has 0 saturated carbocycles. The lowest BCUT2D eigenvalue weighted by Gasteiger charge is -2.10. The van der Waals surface area contributed by atoms with E-state index in [9.17, 15) is 4.79 Å². The molecule has 0 unspecified atom stereocenters. The molecular formula is C13H11N3O. The lowest BCUT2D eigenvalue weighted by Crippen LogP contribution is -2.21. The number of benzene rings is 1. The Balaban J connectivity index is 2.70. The minimum absolute atomic E-state index is 0.124. The molecular weight excluding hydrogens is 214 g/mol. The third-order valence-corrected chi connectivity index (χ3v) is 2.54. The third kappa shape index (κ3) is 1.96. The molecule has 0 amide bonds. The minimum atomic E-state index is -0.323. The summed E-state index contributed by atoms with van der Waals surface area (Å²) in [5, 5.41) is 8.83.